The van der Waals surface area contributed by atoms with Crippen molar-refractivity contribution in [2.24, 2.45) is 0 Å². The molecule has 0 saturated heterocycles. The van der Waals surface area contributed by atoms with E-state index in [-0.39, 0.29) is 44.6 Å². The van der Waals surface area contributed by atoms with Gasteiger partial charge in [0.15, 0.2) is 0 Å². The van der Waals surface area contributed by atoms with Crippen LogP contribution in [0.3, 0.4) is 0 Å². The first-order valence-corrected chi connectivity index (χ1v) is 4.92. The van der Waals surface area contributed by atoms with E-state index in [0.717, 1.165) is 6.07 Å². The van der Waals surface area contributed by atoms with E-state index < -0.39 is 16.0 Å². The molecule has 0 N–H and O–H groups in total. The fourth-order valence-electron chi connectivity index (χ4n) is 0.736. The molecule has 0 heterocycles. The standard InChI is InChI=1S/C6H4BrNO4S.Na/c7-5-2-1-4(13(11)12)3-6(5)8(9)10;/h1-3H,(H,11,12);/q;+1/p-1. The molecule has 8 heteroatoms. The first kappa shape index (κ1) is 14.2. The normalized spacial score (nSPS) is 11.6. The Labute approximate surface area is 113 Å². The van der Waals surface area contributed by atoms with E-state index in [1.165, 1.54) is 12.1 Å². The second-order valence-electron chi connectivity index (χ2n) is 2.11. The first-order valence-electron chi connectivity index (χ1n) is 3.05. The quantitative estimate of drug-likeness (QED) is 0.290. The number of nitro groups is 1. The Balaban J connectivity index is 0.00000169. The number of hydrogen-bond donors (Lipinski definition) is 0. The molecule has 0 bridgehead atoms. The van der Waals surface area contributed by atoms with Crippen molar-refractivity contribution in [3.05, 3.63) is 32.8 Å². The molecule has 5 nitrogen and oxygen atoms in total. The average Bonchev–Trinajstić information content (AvgIpc) is 2.04. The van der Waals surface area contributed by atoms with Gasteiger partial charge in [0.1, 0.15) is 0 Å². The van der Waals surface area contributed by atoms with E-state index in [1.807, 2.05) is 0 Å². The Morgan fingerprint density at radius 3 is 2.43 bits per heavy atom. The molecule has 0 aliphatic rings. The van der Waals surface area contributed by atoms with Crippen LogP contribution >= 0.6 is 15.9 Å². The Hall–Kier alpha value is 0.210. The average molecular weight is 288 g/mol. The predicted molar refractivity (Wildman–Crippen MR) is 48.0 cm³/mol. The summed E-state index contributed by atoms with van der Waals surface area (Å²) in [6.45, 7) is 0. The summed E-state index contributed by atoms with van der Waals surface area (Å²) in [4.78, 5) is 9.62. The fraction of sp³-hybridized carbons (Fsp3) is 0. The van der Waals surface area contributed by atoms with Crippen LogP contribution in [0.25, 0.3) is 0 Å². The molecule has 14 heavy (non-hydrogen) atoms. The maximum Gasteiger partial charge on any atom is 1.00 e. The van der Waals surface area contributed by atoms with E-state index in [2.05, 4.69) is 15.9 Å². The molecule has 1 unspecified atom stereocenters. The summed E-state index contributed by atoms with van der Waals surface area (Å²) in [5, 5.41) is 10.4. The molecule has 0 fully saturated rings. The Kier molecular flexibility index (Phi) is 6.03. The molecule has 1 aromatic rings. The van der Waals surface area contributed by atoms with Crippen LogP contribution in [-0.2, 0) is 11.1 Å². The third-order valence-electron chi connectivity index (χ3n) is 1.31. The smallest absolute Gasteiger partial charge is 0.768 e. The molecular formula is C6H3BrNNaO4S. The van der Waals surface area contributed by atoms with Gasteiger partial charge in [0, 0.05) is 11.0 Å². The van der Waals surface area contributed by atoms with Gasteiger partial charge >= 0.3 is 29.6 Å². The van der Waals surface area contributed by atoms with Gasteiger partial charge in [0.25, 0.3) is 5.69 Å². The third kappa shape index (κ3) is 3.41. The topological polar surface area (TPSA) is 83.3 Å². The fourth-order valence-corrected chi connectivity index (χ4v) is 1.51. The monoisotopic (exact) mass is 287 g/mol. The minimum absolute atomic E-state index is 0. The maximum absolute atomic E-state index is 10.4. The van der Waals surface area contributed by atoms with E-state index in [4.69, 9.17) is 0 Å². The van der Waals surface area contributed by atoms with Crippen molar-refractivity contribution in [2.45, 2.75) is 4.90 Å². The minimum atomic E-state index is -2.44. The van der Waals surface area contributed by atoms with Crippen LogP contribution in [0.1, 0.15) is 0 Å². The summed E-state index contributed by atoms with van der Waals surface area (Å²) >= 11 is 0.498. The van der Waals surface area contributed by atoms with Crippen LogP contribution in [-0.4, -0.2) is 13.7 Å². The van der Waals surface area contributed by atoms with Gasteiger partial charge in [0.2, 0.25) is 0 Å². The summed E-state index contributed by atoms with van der Waals surface area (Å²) in [5.41, 5.74) is -0.262. The van der Waals surface area contributed by atoms with Crippen LogP contribution < -0.4 is 29.6 Å². The van der Waals surface area contributed by atoms with Gasteiger partial charge in [-0.15, -0.1) is 0 Å². The summed E-state index contributed by atoms with van der Waals surface area (Å²) in [5.74, 6) is 0. The molecule has 0 saturated carbocycles. The number of benzene rings is 1. The van der Waals surface area contributed by atoms with Gasteiger partial charge in [-0.2, -0.15) is 0 Å². The van der Waals surface area contributed by atoms with E-state index >= 15 is 0 Å². The van der Waals surface area contributed by atoms with Crippen LogP contribution in [0.2, 0.25) is 0 Å². The number of halogens is 1. The number of nitro benzene ring substituents is 1. The molecular weight excluding hydrogens is 285 g/mol. The van der Waals surface area contributed by atoms with E-state index in [1.54, 1.807) is 0 Å². The Morgan fingerprint density at radius 2 is 2.00 bits per heavy atom. The molecule has 0 amide bonds. The van der Waals surface area contributed by atoms with Gasteiger partial charge in [-0.3, -0.25) is 14.3 Å². The summed E-state index contributed by atoms with van der Waals surface area (Å²) < 4.78 is 21.2. The van der Waals surface area contributed by atoms with Gasteiger partial charge in [-0.05, 0) is 39.1 Å². The zero-order valence-electron chi connectivity index (χ0n) is 7.10. The van der Waals surface area contributed by atoms with Crippen molar-refractivity contribution < 1.29 is 43.2 Å². The van der Waals surface area contributed by atoms with Crippen molar-refractivity contribution >= 4 is 32.7 Å². The van der Waals surface area contributed by atoms with Gasteiger partial charge < -0.3 is 4.55 Å². The third-order valence-corrected chi connectivity index (χ3v) is 2.62. The van der Waals surface area contributed by atoms with E-state index in [0.29, 0.717) is 0 Å². The van der Waals surface area contributed by atoms with Crippen LogP contribution in [0.4, 0.5) is 5.69 Å². The molecule has 0 radical (unpaired) electrons. The molecule has 0 aromatic heterocycles. The summed E-state index contributed by atoms with van der Waals surface area (Å²) in [7, 11) is 0. The molecule has 0 aliphatic carbocycles. The summed E-state index contributed by atoms with van der Waals surface area (Å²) in [6.07, 6.45) is 0. The number of rotatable bonds is 2. The molecule has 0 spiro atoms. The van der Waals surface area contributed by atoms with Crippen molar-refractivity contribution in [2.75, 3.05) is 0 Å². The second kappa shape index (κ2) is 5.94. The van der Waals surface area contributed by atoms with Gasteiger partial charge in [-0.1, -0.05) is 0 Å². The van der Waals surface area contributed by atoms with Crippen molar-refractivity contribution in [3.8, 4) is 0 Å². The zero-order valence-corrected chi connectivity index (χ0v) is 11.5. The molecule has 1 rings (SSSR count). The van der Waals surface area contributed by atoms with Crippen molar-refractivity contribution in [1.29, 1.82) is 0 Å². The number of hydrogen-bond acceptors (Lipinski definition) is 4. The Bertz CT molecular complexity index is 386. The summed E-state index contributed by atoms with van der Waals surface area (Å²) in [6, 6.07) is 3.59. The molecule has 70 valence electrons. The van der Waals surface area contributed by atoms with Crippen LogP contribution in [0.15, 0.2) is 27.6 Å². The largest absolute Gasteiger partial charge is 1.00 e. The van der Waals surface area contributed by atoms with Crippen LogP contribution in [0.5, 0.6) is 0 Å². The van der Waals surface area contributed by atoms with Crippen LogP contribution in [0, 0.1) is 10.1 Å². The molecule has 1 atom stereocenters. The first-order chi connectivity index (χ1) is 6.02. The predicted octanol–water partition coefficient (Wildman–Crippen LogP) is -1.40. The van der Waals surface area contributed by atoms with E-state index in [9.17, 15) is 18.9 Å². The maximum atomic E-state index is 10.4. The Morgan fingerprint density at radius 1 is 1.43 bits per heavy atom. The zero-order chi connectivity index (χ0) is 10.0. The van der Waals surface area contributed by atoms with Gasteiger partial charge in [-0.25, -0.2) is 0 Å². The molecule has 1 aromatic carbocycles. The van der Waals surface area contributed by atoms with Crippen molar-refractivity contribution in [1.82, 2.24) is 0 Å². The van der Waals surface area contributed by atoms with Gasteiger partial charge in [0.05, 0.1) is 9.40 Å². The minimum Gasteiger partial charge on any atom is -0.768 e. The molecule has 0 aliphatic heterocycles. The second-order valence-corrected chi connectivity index (χ2v) is 3.90. The number of nitrogens with zero attached hydrogens (tertiary/aromatic N) is 1. The van der Waals surface area contributed by atoms with Crippen molar-refractivity contribution in [3.63, 3.8) is 0 Å². The SMILES string of the molecule is O=[N+]([O-])c1cc(S(=O)[O-])ccc1Br.[Na+].